The van der Waals surface area contributed by atoms with Crippen LogP contribution < -0.4 is 5.32 Å². The summed E-state index contributed by atoms with van der Waals surface area (Å²) in [6.45, 7) is 6.39. The van der Waals surface area contributed by atoms with Crippen LogP contribution in [0.25, 0.3) is 0 Å². The molecule has 2 rings (SSSR count). The van der Waals surface area contributed by atoms with Gasteiger partial charge < -0.3 is 10.1 Å². The average Bonchev–Trinajstić information content (AvgIpc) is 2.48. The van der Waals surface area contributed by atoms with Crippen LogP contribution in [0, 0.1) is 5.92 Å². The first-order valence-corrected chi connectivity index (χ1v) is 8.70. The van der Waals surface area contributed by atoms with Crippen LogP contribution >= 0.6 is 11.6 Å². The fraction of sp³-hybridized carbons (Fsp3) is 0.667. The summed E-state index contributed by atoms with van der Waals surface area (Å²) < 4.78 is 6.47. The van der Waals surface area contributed by atoms with Gasteiger partial charge in [0.1, 0.15) is 0 Å². The zero-order chi connectivity index (χ0) is 15.1. The Labute approximate surface area is 134 Å². The molecule has 1 N–H and O–H groups in total. The highest BCUT2D eigenvalue weighted by Crippen LogP contribution is 2.31. The van der Waals surface area contributed by atoms with Crippen LogP contribution in [-0.4, -0.2) is 19.2 Å². The van der Waals surface area contributed by atoms with Crippen molar-refractivity contribution in [1.82, 2.24) is 5.32 Å². The molecule has 0 saturated heterocycles. The monoisotopic (exact) mass is 309 g/mol. The maximum atomic E-state index is 6.47. The van der Waals surface area contributed by atoms with Gasteiger partial charge in [-0.2, -0.15) is 0 Å². The van der Waals surface area contributed by atoms with E-state index in [1.165, 1.54) is 31.2 Å². The van der Waals surface area contributed by atoms with Crippen molar-refractivity contribution in [2.45, 2.75) is 58.2 Å². The highest BCUT2D eigenvalue weighted by atomic mass is 35.5. The van der Waals surface area contributed by atoms with Gasteiger partial charge in [-0.25, -0.2) is 0 Å². The first kappa shape index (κ1) is 16.8. The van der Waals surface area contributed by atoms with Gasteiger partial charge in [0.05, 0.1) is 12.2 Å². The predicted octanol–water partition coefficient (Wildman–Crippen LogP) is 4.98. The van der Waals surface area contributed by atoms with Crippen LogP contribution in [0.3, 0.4) is 0 Å². The standard InChI is InChI=1S/C18H28ClNO/c1-3-11-20-13-18(15-8-6-9-16(19)12-15)21-17-10-5-4-7-14(17)2/h6,8-9,12,14,17-18,20H,3-5,7,10-11,13H2,1-2H3. The zero-order valence-corrected chi connectivity index (χ0v) is 14.0. The summed E-state index contributed by atoms with van der Waals surface area (Å²) >= 11 is 6.15. The van der Waals surface area contributed by atoms with Crippen molar-refractivity contribution in [2.24, 2.45) is 5.92 Å². The van der Waals surface area contributed by atoms with E-state index in [9.17, 15) is 0 Å². The second-order valence-corrected chi connectivity index (χ2v) is 6.62. The van der Waals surface area contributed by atoms with Crippen molar-refractivity contribution in [2.75, 3.05) is 13.1 Å². The molecule has 0 radical (unpaired) electrons. The quantitative estimate of drug-likeness (QED) is 0.717. The molecule has 0 heterocycles. The minimum absolute atomic E-state index is 0.0980. The van der Waals surface area contributed by atoms with E-state index in [0.29, 0.717) is 12.0 Å². The Balaban J connectivity index is 2.04. The number of nitrogens with one attached hydrogen (secondary N) is 1. The fourth-order valence-corrected chi connectivity index (χ4v) is 3.26. The predicted molar refractivity (Wildman–Crippen MR) is 89.9 cm³/mol. The Hall–Kier alpha value is -0.570. The van der Waals surface area contributed by atoms with Gasteiger partial charge in [0, 0.05) is 11.6 Å². The summed E-state index contributed by atoms with van der Waals surface area (Å²) in [6.07, 6.45) is 6.73. The summed E-state index contributed by atoms with van der Waals surface area (Å²) in [7, 11) is 0. The van der Waals surface area contributed by atoms with Gasteiger partial charge in [-0.3, -0.25) is 0 Å². The molecule has 21 heavy (non-hydrogen) atoms. The topological polar surface area (TPSA) is 21.3 Å². The van der Waals surface area contributed by atoms with Gasteiger partial charge in [0.15, 0.2) is 0 Å². The lowest BCUT2D eigenvalue weighted by atomic mass is 9.87. The maximum Gasteiger partial charge on any atom is 0.0953 e. The lowest BCUT2D eigenvalue weighted by Gasteiger charge is -2.33. The van der Waals surface area contributed by atoms with E-state index in [0.717, 1.165) is 24.5 Å². The Morgan fingerprint density at radius 2 is 2.14 bits per heavy atom. The van der Waals surface area contributed by atoms with Crippen LogP contribution in [-0.2, 0) is 4.74 Å². The van der Waals surface area contributed by atoms with Crippen LogP contribution in [0.5, 0.6) is 0 Å². The molecule has 1 fully saturated rings. The lowest BCUT2D eigenvalue weighted by molar-refractivity contribution is -0.0563. The van der Waals surface area contributed by atoms with Crippen LogP contribution in [0.15, 0.2) is 24.3 Å². The first-order valence-electron chi connectivity index (χ1n) is 8.32. The van der Waals surface area contributed by atoms with Gasteiger partial charge in [0.2, 0.25) is 0 Å². The van der Waals surface area contributed by atoms with Crippen molar-refractivity contribution < 1.29 is 4.74 Å². The summed E-state index contributed by atoms with van der Waals surface area (Å²) in [5.74, 6) is 0.659. The Bertz CT molecular complexity index is 423. The summed E-state index contributed by atoms with van der Waals surface area (Å²) in [4.78, 5) is 0. The second kappa shape index (κ2) is 8.77. The van der Waals surface area contributed by atoms with Crippen molar-refractivity contribution in [1.29, 1.82) is 0 Å². The third kappa shape index (κ3) is 5.28. The smallest absolute Gasteiger partial charge is 0.0953 e. The second-order valence-electron chi connectivity index (χ2n) is 6.18. The number of halogens is 1. The largest absolute Gasteiger partial charge is 0.369 e. The minimum atomic E-state index is 0.0980. The molecule has 1 saturated carbocycles. The SMILES string of the molecule is CCCNCC(OC1CCCCC1C)c1cccc(Cl)c1. The molecule has 3 heteroatoms. The minimum Gasteiger partial charge on any atom is -0.369 e. The van der Waals surface area contributed by atoms with Crippen LogP contribution in [0.4, 0.5) is 0 Å². The van der Waals surface area contributed by atoms with Crippen LogP contribution in [0.2, 0.25) is 5.02 Å². The van der Waals surface area contributed by atoms with Crippen molar-refractivity contribution in [3.8, 4) is 0 Å². The van der Waals surface area contributed by atoms with E-state index in [-0.39, 0.29) is 6.10 Å². The van der Waals surface area contributed by atoms with E-state index < -0.39 is 0 Å². The molecule has 118 valence electrons. The molecule has 1 aromatic rings. The molecule has 0 amide bonds. The molecule has 3 unspecified atom stereocenters. The van der Waals surface area contributed by atoms with E-state index in [1.807, 2.05) is 18.2 Å². The normalized spacial score (nSPS) is 24.0. The first-order chi connectivity index (χ1) is 10.2. The van der Waals surface area contributed by atoms with Gasteiger partial charge >= 0.3 is 0 Å². The molecule has 0 spiro atoms. The van der Waals surface area contributed by atoms with Gasteiger partial charge in [0.25, 0.3) is 0 Å². The molecule has 1 aliphatic carbocycles. The molecule has 0 bridgehead atoms. The molecule has 3 atom stereocenters. The molecule has 1 aliphatic rings. The maximum absolute atomic E-state index is 6.47. The summed E-state index contributed by atoms with van der Waals surface area (Å²) in [6, 6.07) is 8.09. The Kier molecular flexibility index (Phi) is 7.01. The van der Waals surface area contributed by atoms with Crippen LogP contribution in [0.1, 0.15) is 57.6 Å². The number of hydrogen-bond acceptors (Lipinski definition) is 2. The number of rotatable bonds is 7. The molecule has 0 aromatic heterocycles. The van der Waals surface area contributed by atoms with E-state index in [2.05, 4.69) is 25.2 Å². The molecular weight excluding hydrogens is 282 g/mol. The van der Waals surface area contributed by atoms with Crippen molar-refractivity contribution >= 4 is 11.6 Å². The average molecular weight is 310 g/mol. The zero-order valence-electron chi connectivity index (χ0n) is 13.3. The van der Waals surface area contributed by atoms with Crippen molar-refractivity contribution in [3.05, 3.63) is 34.9 Å². The van der Waals surface area contributed by atoms with Gasteiger partial charge in [-0.05, 0) is 49.4 Å². The summed E-state index contributed by atoms with van der Waals surface area (Å²) in [5, 5.41) is 4.27. The summed E-state index contributed by atoms with van der Waals surface area (Å²) in [5.41, 5.74) is 1.18. The van der Waals surface area contributed by atoms with E-state index in [1.54, 1.807) is 0 Å². The highest BCUT2D eigenvalue weighted by Gasteiger charge is 2.25. The van der Waals surface area contributed by atoms with E-state index in [4.69, 9.17) is 16.3 Å². The molecule has 2 nitrogen and oxygen atoms in total. The highest BCUT2D eigenvalue weighted by molar-refractivity contribution is 6.30. The molecule has 0 aliphatic heterocycles. The van der Waals surface area contributed by atoms with Gasteiger partial charge in [-0.15, -0.1) is 0 Å². The fourth-order valence-electron chi connectivity index (χ4n) is 3.06. The Morgan fingerprint density at radius 1 is 1.33 bits per heavy atom. The number of benzene rings is 1. The molecular formula is C18H28ClNO. The number of hydrogen-bond donors (Lipinski definition) is 1. The number of ether oxygens (including phenoxy) is 1. The van der Waals surface area contributed by atoms with Gasteiger partial charge in [-0.1, -0.05) is 50.4 Å². The van der Waals surface area contributed by atoms with E-state index >= 15 is 0 Å². The van der Waals surface area contributed by atoms with Crippen molar-refractivity contribution in [3.63, 3.8) is 0 Å². The lowest BCUT2D eigenvalue weighted by Crippen LogP contribution is -2.32. The Morgan fingerprint density at radius 3 is 2.86 bits per heavy atom. The third-order valence-electron chi connectivity index (χ3n) is 4.35. The molecule has 1 aromatic carbocycles. The third-order valence-corrected chi connectivity index (χ3v) is 4.58.